The summed E-state index contributed by atoms with van der Waals surface area (Å²) in [5.41, 5.74) is 2.40. The third kappa shape index (κ3) is 3.57. The van der Waals surface area contributed by atoms with Gasteiger partial charge in [-0.25, -0.2) is 0 Å². The van der Waals surface area contributed by atoms with E-state index in [1.54, 1.807) is 7.11 Å². The number of hydrogen-bond acceptors (Lipinski definition) is 4. The molecule has 6 heteroatoms. The summed E-state index contributed by atoms with van der Waals surface area (Å²) < 4.78 is 11.2. The van der Waals surface area contributed by atoms with Gasteiger partial charge in [-0.3, -0.25) is 9.78 Å². The zero-order valence-electron chi connectivity index (χ0n) is 13.0. The number of rotatable bonds is 6. The predicted octanol–water partition coefficient (Wildman–Crippen LogP) is 2.99. The molecular weight excluding hydrogens is 300 g/mol. The van der Waals surface area contributed by atoms with E-state index in [-0.39, 0.29) is 5.56 Å². The van der Waals surface area contributed by atoms with Crippen LogP contribution in [0.2, 0.25) is 0 Å². The van der Waals surface area contributed by atoms with Crippen LogP contribution in [0.3, 0.4) is 0 Å². The Bertz CT molecular complexity index is 765. The number of H-pyrrole nitrogens is 2. The van der Waals surface area contributed by atoms with E-state index in [2.05, 4.69) is 9.97 Å². The van der Waals surface area contributed by atoms with Crippen molar-refractivity contribution in [1.29, 1.82) is 0 Å². The molecule has 5 nitrogen and oxygen atoms in total. The highest BCUT2D eigenvalue weighted by molar-refractivity contribution is 7.71. The monoisotopic (exact) mass is 320 g/mol. The average Bonchev–Trinajstić information content (AvgIpc) is 2.50. The molecule has 0 spiro atoms. The van der Waals surface area contributed by atoms with Crippen LogP contribution in [0.1, 0.15) is 30.7 Å². The Morgan fingerprint density at radius 3 is 2.59 bits per heavy atom. The van der Waals surface area contributed by atoms with Crippen LogP contribution >= 0.6 is 12.2 Å². The van der Waals surface area contributed by atoms with E-state index in [4.69, 9.17) is 21.7 Å². The van der Waals surface area contributed by atoms with Crippen LogP contribution in [0.25, 0.3) is 0 Å². The molecule has 0 aliphatic carbocycles. The first-order chi connectivity index (χ1) is 10.6. The van der Waals surface area contributed by atoms with Gasteiger partial charge in [0.15, 0.2) is 16.3 Å². The van der Waals surface area contributed by atoms with Gasteiger partial charge in [-0.2, -0.15) is 0 Å². The molecule has 0 fully saturated rings. The van der Waals surface area contributed by atoms with Crippen molar-refractivity contribution in [3.8, 4) is 11.5 Å². The molecule has 0 saturated carbocycles. The molecule has 22 heavy (non-hydrogen) atoms. The molecular formula is C16H20N2O3S. The van der Waals surface area contributed by atoms with Crippen LogP contribution in [0.15, 0.2) is 23.0 Å². The van der Waals surface area contributed by atoms with Gasteiger partial charge in [-0.15, -0.1) is 0 Å². The van der Waals surface area contributed by atoms with Gasteiger partial charge in [0.25, 0.3) is 5.56 Å². The highest BCUT2D eigenvalue weighted by atomic mass is 32.1. The minimum atomic E-state index is -0.144. The second-order valence-corrected chi connectivity index (χ2v) is 5.22. The molecule has 1 aromatic heterocycles. The second kappa shape index (κ2) is 7.26. The van der Waals surface area contributed by atoms with Crippen LogP contribution in [0, 0.1) is 4.77 Å². The van der Waals surface area contributed by atoms with Crippen molar-refractivity contribution in [2.45, 2.75) is 26.7 Å². The van der Waals surface area contributed by atoms with Crippen LogP contribution < -0.4 is 15.0 Å². The fraction of sp³-hybridized carbons (Fsp3) is 0.375. The van der Waals surface area contributed by atoms with E-state index < -0.39 is 0 Å². The van der Waals surface area contributed by atoms with E-state index in [9.17, 15) is 4.79 Å². The number of benzene rings is 1. The lowest BCUT2D eigenvalue weighted by atomic mass is 10.0. The molecule has 0 unspecified atom stereocenters. The Hall–Kier alpha value is -2.08. The summed E-state index contributed by atoms with van der Waals surface area (Å²) in [6.45, 7) is 4.46. The van der Waals surface area contributed by atoms with Gasteiger partial charge in [0.05, 0.1) is 13.7 Å². The summed E-state index contributed by atoms with van der Waals surface area (Å²) >= 11 is 5.02. The molecule has 0 atom stereocenters. The standard InChI is InChI=1S/C16H20N2O3S/c1-4-12-11(15(19)18-16(22)17-12)8-10-6-7-13(20-3)14(9-10)21-5-2/h6-7,9H,4-5,8H2,1-3H3,(H2,17,18,19,22). The van der Waals surface area contributed by atoms with Crippen molar-refractivity contribution in [2.75, 3.05) is 13.7 Å². The van der Waals surface area contributed by atoms with Crippen molar-refractivity contribution in [1.82, 2.24) is 9.97 Å². The molecule has 0 amide bonds. The van der Waals surface area contributed by atoms with Gasteiger partial charge in [0.2, 0.25) is 0 Å². The van der Waals surface area contributed by atoms with E-state index >= 15 is 0 Å². The summed E-state index contributed by atoms with van der Waals surface area (Å²) in [6.07, 6.45) is 1.23. The van der Waals surface area contributed by atoms with Gasteiger partial charge in [-0.1, -0.05) is 13.0 Å². The van der Waals surface area contributed by atoms with Crippen LogP contribution in [-0.2, 0) is 12.8 Å². The zero-order chi connectivity index (χ0) is 16.1. The van der Waals surface area contributed by atoms with Gasteiger partial charge in [-0.05, 0) is 43.3 Å². The van der Waals surface area contributed by atoms with Crippen molar-refractivity contribution in [3.63, 3.8) is 0 Å². The highest BCUT2D eigenvalue weighted by Crippen LogP contribution is 2.28. The fourth-order valence-corrected chi connectivity index (χ4v) is 2.57. The smallest absolute Gasteiger partial charge is 0.255 e. The SMILES string of the molecule is CCOc1cc(Cc2c(CC)[nH]c(=S)[nH]c2=O)ccc1OC. The summed E-state index contributed by atoms with van der Waals surface area (Å²) in [6, 6.07) is 5.69. The van der Waals surface area contributed by atoms with E-state index in [0.717, 1.165) is 17.7 Å². The Labute approximate surface area is 134 Å². The van der Waals surface area contributed by atoms with Crippen molar-refractivity contribution in [2.24, 2.45) is 0 Å². The molecule has 1 aromatic carbocycles. The normalized spacial score (nSPS) is 10.5. The lowest BCUT2D eigenvalue weighted by Gasteiger charge is -2.12. The third-order valence-corrected chi connectivity index (χ3v) is 3.60. The lowest BCUT2D eigenvalue weighted by Crippen LogP contribution is -2.18. The van der Waals surface area contributed by atoms with Crippen molar-refractivity contribution < 1.29 is 9.47 Å². The van der Waals surface area contributed by atoms with Gasteiger partial charge in [0, 0.05) is 17.7 Å². The summed E-state index contributed by atoms with van der Waals surface area (Å²) in [4.78, 5) is 17.9. The van der Waals surface area contributed by atoms with E-state index in [1.807, 2.05) is 32.0 Å². The molecule has 1 heterocycles. The number of aryl methyl sites for hydroxylation is 1. The molecule has 0 saturated heterocycles. The molecule has 118 valence electrons. The number of hydrogen-bond donors (Lipinski definition) is 2. The molecule has 2 rings (SSSR count). The Morgan fingerprint density at radius 2 is 1.95 bits per heavy atom. The number of aromatic amines is 2. The zero-order valence-corrected chi connectivity index (χ0v) is 13.8. The van der Waals surface area contributed by atoms with Crippen LogP contribution in [0.5, 0.6) is 11.5 Å². The summed E-state index contributed by atoms with van der Waals surface area (Å²) in [5.74, 6) is 1.36. The lowest BCUT2D eigenvalue weighted by molar-refractivity contribution is 0.310. The van der Waals surface area contributed by atoms with Crippen LogP contribution in [-0.4, -0.2) is 23.7 Å². The Balaban J connectivity index is 2.41. The fourth-order valence-electron chi connectivity index (χ4n) is 2.35. The average molecular weight is 320 g/mol. The Morgan fingerprint density at radius 1 is 1.18 bits per heavy atom. The summed E-state index contributed by atoms with van der Waals surface area (Å²) in [7, 11) is 1.61. The predicted molar refractivity (Wildman–Crippen MR) is 88.6 cm³/mol. The second-order valence-electron chi connectivity index (χ2n) is 4.81. The minimum Gasteiger partial charge on any atom is -0.493 e. The van der Waals surface area contributed by atoms with Crippen molar-refractivity contribution >= 4 is 12.2 Å². The number of aromatic nitrogens is 2. The number of methoxy groups -OCH3 is 1. The first kappa shape index (κ1) is 16.3. The quantitative estimate of drug-likeness (QED) is 0.803. The largest absolute Gasteiger partial charge is 0.493 e. The first-order valence-electron chi connectivity index (χ1n) is 7.23. The molecule has 2 N–H and O–H groups in total. The topological polar surface area (TPSA) is 67.1 Å². The highest BCUT2D eigenvalue weighted by Gasteiger charge is 2.11. The van der Waals surface area contributed by atoms with E-state index in [1.165, 1.54) is 0 Å². The number of nitrogens with one attached hydrogen (secondary N) is 2. The maximum absolute atomic E-state index is 12.2. The third-order valence-electron chi connectivity index (χ3n) is 3.39. The number of ether oxygens (including phenoxy) is 2. The summed E-state index contributed by atoms with van der Waals surface area (Å²) in [5, 5.41) is 0. The van der Waals surface area contributed by atoms with E-state index in [0.29, 0.717) is 34.9 Å². The molecule has 2 aromatic rings. The van der Waals surface area contributed by atoms with Gasteiger partial charge in [0.1, 0.15) is 0 Å². The molecule has 0 aliphatic rings. The molecule has 0 aliphatic heterocycles. The van der Waals surface area contributed by atoms with Crippen LogP contribution in [0.4, 0.5) is 0 Å². The van der Waals surface area contributed by atoms with Gasteiger partial charge >= 0.3 is 0 Å². The van der Waals surface area contributed by atoms with Crippen molar-refractivity contribution in [3.05, 3.63) is 50.1 Å². The maximum atomic E-state index is 12.2. The van der Waals surface area contributed by atoms with Gasteiger partial charge < -0.3 is 14.5 Å². The molecule has 0 bridgehead atoms. The maximum Gasteiger partial charge on any atom is 0.255 e. The minimum absolute atomic E-state index is 0.144. The Kier molecular flexibility index (Phi) is 5.38. The first-order valence-corrected chi connectivity index (χ1v) is 7.63. The molecule has 0 radical (unpaired) electrons.